The number of aliphatic imine (C=N–C) groups is 2. The second kappa shape index (κ2) is 59.9. The van der Waals surface area contributed by atoms with Gasteiger partial charge in [-0.2, -0.15) is 0 Å². The molecule has 2 heterocycles. The summed E-state index contributed by atoms with van der Waals surface area (Å²) in [6, 6.07) is -18.9. The third kappa shape index (κ3) is 41.4. The van der Waals surface area contributed by atoms with Crippen molar-refractivity contribution in [2.75, 3.05) is 58.9 Å². The zero-order chi connectivity index (χ0) is 97.5. The van der Waals surface area contributed by atoms with Gasteiger partial charge in [0.25, 0.3) is 0 Å². The first-order chi connectivity index (χ1) is 60.8. The van der Waals surface area contributed by atoms with Crippen LogP contribution in [0.4, 0.5) is 0 Å². The van der Waals surface area contributed by atoms with E-state index < -0.39 is 247 Å². The summed E-state index contributed by atoms with van der Waals surface area (Å²) in [6.45, 7) is 19.1. The van der Waals surface area contributed by atoms with E-state index in [1.807, 2.05) is 0 Å². The van der Waals surface area contributed by atoms with Crippen molar-refractivity contribution in [3.8, 4) is 0 Å². The molecule has 0 aromatic carbocycles. The lowest BCUT2D eigenvalue weighted by Crippen LogP contribution is -2.61. The third-order valence-corrected chi connectivity index (χ3v) is 22.4. The highest BCUT2D eigenvalue weighted by atomic mass is 16.4. The molecule has 2 saturated heterocycles. The van der Waals surface area contributed by atoms with E-state index in [0.717, 1.165) is 0 Å². The van der Waals surface area contributed by atoms with Crippen LogP contribution in [0.25, 0.3) is 0 Å². The molecule has 17 atom stereocenters. The molecular weight excluding hydrogens is 1680 g/mol. The van der Waals surface area contributed by atoms with Gasteiger partial charge >= 0.3 is 5.97 Å². The SMILES string of the molecule is CC[C@H](C)[C@H](NC(=O)[C@@H](NC(=O)[C@@H](NC(=O)[C@H](C)NC(=O)[C@H](CCCCN)NC(=O)[C@H](C)NC(=O)[C@H](CCCN=C(N)N)NC(=O)CNC(=O)[C@@H](NC(=O)[C@H](CCC(N)=O)NC(=O)CNC(=O)[C@H](CC(C)C)NC(=O)[C@H](CCCCN)NC(=O)[C@@H]1CCCN1C(=O)[C@@H]1CCCN1C(=O)[C@H](CCCN=C(N)N)NC(=O)[C@@H](N)CCCCN)[C@@H](C)CC)C(C)C)C(C)C)C(=O)O. The van der Waals surface area contributed by atoms with Crippen LogP contribution in [0.15, 0.2) is 9.98 Å². The molecular formula is C83H151N27O19. The Morgan fingerprint density at radius 2 is 0.775 bits per heavy atom. The molecule has 2 aliphatic heterocycles. The van der Waals surface area contributed by atoms with Gasteiger partial charge in [-0.3, -0.25) is 91.5 Å². The molecule has 0 bridgehead atoms. The Morgan fingerprint density at radius 1 is 0.388 bits per heavy atom. The topological polar surface area (TPSA) is 761 Å². The quantitative estimate of drug-likeness (QED) is 0.0153. The first kappa shape index (κ1) is 114. The smallest absolute Gasteiger partial charge is 0.326 e. The van der Waals surface area contributed by atoms with Crippen LogP contribution in [0.2, 0.25) is 0 Å². The number of carboxylic acid groups (broad SMARTS) is 1. The monoisotopic (exact) mass is 1830 g/mol. The second-order valence-corrected chi connectivity index (χ2v) is 34.3. The fourth-order valence-corrected chi connectivity index (χ4v) is 14.3. The maximum absolute atomic E-state index is 14.6. The van der Waals surface area contributed by atoms with Gasteiger partial charge < -0.3 is 141 Å². The van der Waals surface area contributed by atoms with Gasteiger partial charge in [-0.05, 0) is 179 Å². The fourth-order valence-electron chi connectivity index (χ4n) is 14.3. The number of likely N-dealkylation sites (tertiary alicyclic amines) is 2. The van der Waals surface area contributed by atoms with E-state index in [1.165, 1.54) is 23.6 Å². The Hall–Kier alpha value is -11.2. The molecule has 2 aliphatic rings. The van der Waals surface area contributed by atoms with E-state index in [9.17, 15) is 91.4 Å². The number of nitrogens with two attached hydrogens (primary N) is 9. The van der Waals surface area contributed by atoms with Gasteiger partial charge in [0.1, 0.15) is 84.6 Å². The summed E-state index contributed by atoms with van der Waals surface area (Å²) in [5, 5.41) is 46.0. The lowest BCUT2D eigenvalue weighted by Gasteiger charge is -2.33. The number of nitrogens with one attached hydrogen (secondary N) is 14. The standard InChI is InChI=1S/C83H151N27O19/c1-13-47(9)65(76(123)96-43-62(113)99-52(28-21-37-93-82(89)90)71(118)97-49(11)67(114)101-53(26-16-19-35-85)72(119)98-50(12)68(115)105-63(45(5)6)77(124)106-64(46(7)8)78(125)108-66(81(128)129)48(10)14-2)107-74(121)55(32-33-60(88)111)100-61(112)42-95-70(117)57(41-44(3)4)104-73(120)54(27-17-20-36-86)102-75(122)58-30-23-39-109(58)80(127)59-31-24-40-110(59)79(126)56(29-22-38-94-83(91)92)103-69(116)51(87)25-15-18-34-84/h44-59,63-66H,13-43,84-87H2,1-12H3,(H2,88,111)(H,95,117)(H,96,123)(H,97,118)(H,98,119)(H,99,113)(H,100,112)(H,101,114)(H,102,122)(H,103,116)(H,104,120)(H,105,115)(H,106,124)(H,107,121)(H,108,125)(H,128,129)(H4,89,90,93)(H4,91,92,94)/t47-,48-,49-,50-,51-,52-,53-,54-,55-,56-,57-,58-,59-,63-,64-,65-,66-/m0/s1. The highest BCUT2D eigenvalue weighted by Crippen LogP contribution is 2.27. The van der Waals surface area contributed by atoms with Crippen LogP contribution >= 0.6 is 0 Å². The molecule has 129 heavy (non-hydrogen) atoms. The summed E-state index contributed by atoms with van der Waals surface area (Å²) in [5.41, 5.74) is 51.1. The minimum atomic E-state index is -1.57. The molecule has 2 fully saturated rings. The number of guanidine groups is 2. The number of carbonyl (C=O) groups is 18. The highest BCUT2D eigenvalue weighted by Gasteiger charge is 2.46. The number of amides is 17. The lowest BCUT2D eigenvalue weighted by molar-refractivity contribution is -0.148. The van der Waals surface area contributed by atoms with Crippen LogP contribution in [-0.2, 0) is 86.3 Å². The van der Waals surface area contributed by atoms with Crippen LogP contribution in [-0.4, -0.2) is 283 Å². The Morgan fingerprint density at radius 3 is 1.25 bits per heavy atom. The number of hydrogen-bond donors (Lipinski definition) is 24. The zero-order valence-corrected chi connectivity index (χ0v) is 77.2. The summed E-state index contributed by atoms with van der Waals surface area (Å²) >= 11 is 0. The Kier molecular flexibility index (Phi) is 52.9. The number of nitrogens with zero attached hydrogens (tertiary/aromatic N) is 4. The molecule has 0 radical (unpaired) electrons. The number of carboxylic acids is 1. The van der Waals surface area contributed by atoms with Gasteiger partial charge in [-0.15, -0.1) is 0 Å². The fraction of sp³-hybridized carbons (Fsp3) is 0.759. The number of rotatable bonds is 62. The molecule has 0 saturated carbocycles. The van der Waals surface area contributed by atoms with Gasteiger partial charge in [0.05, 0.1) is 19.1 Å². The minimum Gasteiger partial charge on any atom is -0.480 e. The van der Waals surface area contributed by atoms with Crippen molar-refractivity contribution in [3.05, 3.63) is 0 Å². The summed E-state index contributed by atoms with van der Waals surface area (Å²) in [5.74, 6) is -17.7. The summed E-state index contributed by atoms with van der Waals surface area (Å²) in [7, 11) is 0. The van der Waals surface area contributed by atoms with Crippen molar-refractivity contribution in [2.24, 2.45) is 91.2 Å². The van der Waals surface area contributed by atoms with E-state index >= 15 is 0 Å². The first-order valence-corrected chi connectivity index (χ1v) is 45.1. The highest BCUT2D eigenvalue weighted by molar-refractivity contribution is 6.01. The van der Waals surface area contributed by atoms with Gasteiger partial charge in [0, 0.05) is 32.6 Å². The first-order valence-electron chi connectivity index (χ1n) is 45.1. The largest absolute Gasteiger partial charge is 0.480 e. The van der Waals surface area contributed by atoms with Gasteiger partial charge in [0.15, 0.2) is 11.9 Å². The molecule has 0 unspecified atom stereocenters. The normalized spacial score (nSPS) is 17.1. The molecule has 0 aromatic rings. The van der Waals surface area contributed by atoms with E-state index in [4.69, 9.17) is 51.6 Å². The maximum atomic E-state index is 14.6. The predicted octanol–water partition coefficient (Wildman–Crippen LogP) is -6.32. The molecule has 46 heteroatoms. The molecule has 17 amide bonds. The predicted molar refractivity (Wildman–Crippen MR) is 481 cm³/mol. The van der Waals surface area contributed by atoms with Crippen molar-refractivity contribution in [1.29, 1.82) is 0 Å². The van der Waals surface area contributed by atoms with E-state index in [-0.39, 0.29) is 121 Å². The molecule has 33 N–H and O–H groups in total. The third-order valence-electron chi connectivity index (χ3n) is 22.4. The van der Waals surface area contributed by atoms with Gasteiger partial charge in [-0.25, -0.2) is 4.79 Å². The number of unbranched alkanes of at least 4 members (excludes halogenated alkanes) is 3. The number of aliphatic carboxylic acids is 1. The average Bonchev–Trinajstić information content (AvgIpc) is 1.67. The lowest BCUT2D eigenvalue weighted by atomic mass is 9.96. The van der Waals surface area contributed by atoms with Crippen LogP contribution in [0.1, 0.15) is 224 Å². The van der Waals surface area contributed by atoms with E-state index in [0.29, 0.717) is 70.8 Å². The van der Waals surface area contributed by atoms with E-state index in [2.05, 4.69) is 84.4 Å². The Bertz CT molecular complexity index is 3770. The average molecular weight is 1830 g/mol. The number of primary amides is 1. The van der Waals surface area contributed by atoms with Crippen molar-refractivity contribution in [1.82, 2.24) is 84.2 Å². The number of hydrogen-bond acceptors (Lipinski definition) is 24. The van der Waals surface area contributed by atoms with Crippen LogP contribution in [0, 0.1) is 29.6 Å². The molecule has 46 nitrogen and oxygen atoms in total. The van der Waals surface area contributed by atoms with Crippen LogP contribution < -0.4 is 126 Å². The number of carbonyl (C=O) groups excluding carboxylic acids is 17. The molecule has 0 spiro atoms. The molecule has 732 valence electrons. The van der Waals surface area contributed by atoms with Gasteiger partial charge in [-0.1, -0.05) is 88.5 Å². The van der Waals surface area contributed by atoms with Crippen LogP contribution in [0.3, 0.4) is 0 Å². The van der Waals surface area contributed by atoms with E-state index in [1.54, 1.807) is 69.2 Å². The van der Waals surface area contributed by atoms with Crippen molar-refractivity contribution >= 4 is 118 Å². The maximum Gasteiger partial charge on any atom is 0.326 e. The molecule has 2 rings (SSSR count). The van der Waals surface area contributed by atoms with Gasteiger partial charge in [0.2, 0.25) is 100 Å². The van der Waals surface area contributed by atoms with Crippen LogP contribution in [0.5, 0.6) is 0 Å². The Labute approximate surface area is 755 Å². The van der Waals surface area contributed by atoms with Crippen molar-refractivity contribution in [2.45, 2.75) is 315 Å². The summed E-state index contributed by atoms with van der Waals surface area (Å²) in [6.07, 6.45) is 4.59. The zero-order valence-electron chi connectivity index (χ0n) is 77.2. The molecule has 0 aromatic heterocycles. The molecule has 0 aliphatic carbocycles. The van der Waals surface area contributed by atoms with Crippen molar-refractivity contribution < 1.29 is 91.4 Å². The summed E-state index contributed by atoms with van der Waals surface area (Å²) < 4.78 is 0. The summed E-state index contributed by atoms with van der Waals surface area (Å²) in [4.78, 5) is 259. The minimum absolute atomic E-state index is 0.00110. The Balaban J connectivity index is 2.30. The van der Waals surface area contributed by atoms with Crippen molar-refractivity contribution in [3.63, 3.8) is 0 Å². The second-order valence-electron chi connectivity index (χ2n) is 34.3.